The summed E-state index contributed by atoms with van der Waals surface area (Å²) in [6.45, 7) is 4.20. The van der Waals surface area contributed by atoms with Crippen LogP contribution in [-0.4, -0.2) is 50.0 Å². The molecule has 24 heavy (non-hydrogen) atoms. The number of hydrogen-bond acceptors (Lipinski definition) is 5. The Bertz CT molecular complexity index is 531. The van der Waals surface area contributed by atoms with Crippen molar-refractivity contribution in [3.05, 3.63) is 29.8 Å². The highest BCUT2D eigenvalue weighted by atomic mass is 16.5. The first-order valence-electron chi connectivity index (χ1n) is 8.19. The van der Waals surface area contributed by atoms with E-state index in [1.807, 2.05) is 6.07 Å². The van der Waals surface area contributed by atoms with Crippen molar-refractivity contribution in [2.45, 2.75) is 25.9 Å². The van der Waals surface area contributed by atoms with Crippen molar-refractivity contribution in [2.24, 2.45) is 0 Å². The number of rotatable bonds is 11. The van der Waals surface area contributed by atoms with E-state index in [-0.39, 0.29) is 12.6 Å². The standard InChI is InChI=1S/C17H26N4O3/c1-2-3-8-20-17(23)21-10-9-19-12-15(22)13-24-16-7-5-4-6-14(16)11-18/h4-7,15,19,22H,2-3,8-10,12-13H2,1H3,(H2,20,21,23)/t15-/m0/s1. The van der Waals surface area contributed by atoms with Crippen molar-refractivity contribution in [1.29, 1.82) is 5.26 Å². The molecule has 0 saturated carbocycles. The Morgan fingerprint density at radius 2 is 2.04 bits per heavy atom. The third-order valence-electron chi connectivity index (χ3n) is 3.22. The molecule has 4 N–H and O–H groups in total. The molecule has 1 atom stereocenters. The van der Waals surface area contributed by atoms with Crippen molar-refractivity contribution in [3.8, 4) is 11.8 Å². The van der Waals surface area contributed by atoms with E-state index in [1.54, 1.807) is 24.3 Å². The van der Waals surface area contributed by atoms with Crippen LogP contribution in [0.1, 0.15) is 25.3 Å². The second-order valence-electron chi connectivity index (χ2n) is 5.31. The maximum atomic E-state index is 11.4. The summed E-state index contributed by atoms with van der Waals surface area (Å²) in [5, 5.41) is 27.3. The van der Waals surface area contributed by atoms with Crippen LogP contribution < -0.4 is 20.7 Å². The van der Waals surface area contributed by atoms with Gasteiger partial charge in [-0.15, -0.1) is 0 Å². The van der Waals surface area contributed by atoms with E-state index in [4.69, 9.17) is 10.00 Å². The van der Waals surface area contributed by atoms with Crippen LogP contribution in [0.2, 0.25) is 0 Å². The number of aliphatic hydroxyl groups is 1. The summed E-state index contributed by atoms with van der Waals surface area (Å²) in [5.74, 6) is 0.462. The molecule has 1 aromatic carbocycles. The predicted octanol–water partition coefficient (Wildman–Crippen LogP) is 0.987. The monoisotopic (exact) mass is 334 g/mol. The van der Waals surface area contributed by atoms with Crippen molar-refractivity contribution in [2.75, 3.05) is 32.8 Å². The van der Waals surface area contributed by atoms with E-state index >= 15 is 0 Å². The van der Waals surface area contributed by atoms with E-state index in [0.29, 0.717) is 37.5 Å². The minimum Gasteiger partial charge on any atom is -0.489 e. The number of urea groups is 1. The largest absolute Gasteiger partial charge is 0.489 e. The molecule has 0 unspecified atom stereocenters. The van der Waals surface area contributed by atoms with Crippen molar-refractivity contribution >= 4 is 6.03 Å². The SMILES string of the molecule is CCCCNC(=O)NCCNC[C@H](O)COc1ccccc1C#N. The minimum absolute atomic E-state index is 0.0939. The number of nitrogens with zero attached hydrogens (tertiary/aromatic N) is 1. The van der Waals surface area contributed by atoms with Gasteiger partial charge in [-0.25, -0.2) is 4.79 Å². The first kappa shape index (κ1) is 19.7. The first-order chi connectivity index (χ1) is 11.7. The van der Waals surface area contributed by atoms with Crippen LogP contribution in [-0.2, 0) is 0 Å². The number of nitriles is 1. The van der Waals surface area contributed by atoms with Gasteiger partial charge in [0.25, 0.3) is 0 Å². The molecule has 0 aliphatic carbocycles. The van der Waals surface area contributed by atoms with Crippen molar-refractivity contribution < 1.29 is 14.6 Å². The number of ether oxygens (including phenoxy) is 1. The number of aliphatic hydroxyl groups excluding tert-OH is 1. The predicted molar refractivity (Wildman–Crippen MR) is 91.8 cm³/mol. The van der Waals surface area contributed by atoms with Gasteiger partial charge in [-0.05, 0) is 18.6 Å². The molecule has 1 aromatic rings. The van der Waals surface area contributed by atoms with Gasteiger partial charge in [0.2, 0.25) is 0 Å². The van der Waals surface area contributed by atoms with Gasteiger partial charge >= 0.3 is 6.03 Å². The lowest BCUT2D eigenvalue weighted by Crippen LogP contribution is -2.41. The number of amides is 2. The van der Waals surface area contributed by atoms with Crippen LogP contribution in [0.5, 0.6) is 5.75 Å². The zero-order valence-electron chi connectivity index (χ0n) is 14.0. The molecule has 7 nitrogen and oxygen atoms in total. The van der Waals surface area contributed by atoms with Crippen molar-refractivity contribution in [3.63, 3.8) is 0 Å². The Morgan fingerprint density at radius 3 is 2.79 bits per heavy atom. The lowest BCUT2D eigenvalue weighted by molar-refractivity contribution is 0.106. The number of carbonyl (C=O) groups is 1. The summed E-state index contributed by atoms with van der Waals surface area (Å²) in [5.41, 5.74) is 0.441. The molecule has 0 bridgehead atoms. The quantitative estimate of drug-likeness (QED) is 0.452. The molecule has 0 fully saturated rings. The van der Waals surface area contributed by atoms with E-state index in [9.17, 15) is 9.90 Å². The van der Waals surface area contributed by atoms with Crippen LogP contribution in [0, 0.1) is 11.3 Å². The fraction of sp³-hybridized carbons (Fsp3) is 0.529. The Labute approximate surface area is 143 Å². The molecular formula is C17H26N4O3. The number of hydrogen-bond donors (Lipinski definition) is 4. The molecule has 0 aromatic heterocycles. The van der Waals surface area contributed by atoms with Crippen LogP contribution in [0.3, 0.4) is 0 Å². The van der Waals surface area contributed by atoms with Gasteiger partial charge in [0.05, 0.1) is 5.56 Å². The highest BCUT2D eigenvalue weighted by Gasteiger charge is 2.07. The molecule has 0 aliphatic heterocycles. The summed E-state index contributed by atoms with van der Waals surface area (Å²) < 4.78 is 5.45. The fourth-order valence-electron chi connectivity index (χ4n) is 1.90. The molecule has 0 saturated heterocycles. The second-order valence-corrected chi connectivity index (χ2v) is 5.31. The van der Waals surface area contributed by atoms with Gasteiger partial charge in [0.15, 0.2) is 0 Å². The minimum atomic E-state index is -0.699. The van der Waals surface area contributed by atoms with Crippen molar-refractivity contribution in [1.82, 2.24) is 16.0 Å². The summed E-state index contributed by atoms with van der Waals surface area (Å²) in [6.07, 6.45) is 1.31. The topological polar surface area (TPSA) is 106 Å². The van der Waals surface area contributed by atoms with Gasteiger partial charge in [0, 0.05) is 26.2 Å². The average molecular weight is 334 g/mol. The number of benzene rings is 1. The molecule has 1 rings (SSSR count). The Morgan fingerprint density at radius 1 is 1.29 bits per heavy atom. The van der Waals surface area contributed by atoms with Gasteiger partial charge in [-0.3, -0.25) is 0 Å². The third kappa shape index (κ3) is 8.36. The molecule has 7 heteroatoms. The zero-order valence-corrected chi connectivity index (χ0v) is 14.0. The fourth-order valence-corrected chi connectivity index (χ4v) is 1.90. The maximum absolute atomic E-state index is 11.4. The van der Waals surface area contributed by atoms with Gasteiger partial charge in [0.1, 0.15) is 24.5 Å². The Kier molecular flexibility index (Phi) is 10.0. The van der Waals surface area contributed by atoms with Crippen LogP contribution in [0.25, 0.3) is 0 Å². The highest BCUT2D eigenvalue weighted by molar-refractivity contribution is 5.73. The number of nitrogens with one attached hydrogen (secondary N) is 3. The average Bonchev–Trinajstić information content (AvgIpc) is 2.60. The molecule has 2 amide bonds. The van der Waals surface area contributed by atoms with Gasteiger partial charge < -0.3 is 25.8 Å². The summed E-state index contributed by atoms with van der Waals surface area (Å²) in [6, 6.07) is 8.75. The number of para-hydroxylation sites is 1. The van der Waals surface area contributed by atoms with Crippen LogP contribution in [0.15, 0.2) is 24.3 Å². The lowest BCUT2D eigenvalue weighted by Gasteiger charge is -2.14. The smallest absolute Gasteiger partial charge is 0.314 e. The zero-order chi connectivity index (χ0) is 17.6. The molecule has 0 spiro atoms. The highest BCUT2D eigenvalue weighted by Crippen LogP contribution is 2.16. The summed E-state index contributed by atoms with van der Waals surface area (Å²) in [7, 11) is 0. The van der Waals surface area contributed by atoms with E-state index in [2.05, 4.69) is 22.9 Å². The molecule has 0 heterocycles. The molecule has 0 aliphatic rings. The number of unbranched alkanes of at least 4 members (excludes halogenated alkanes) is 1. The van der Waals surface area contributed by atoms with E-state index in [0.717, 1.165) is 12.8 Å². The summed E-state index contributed by atoms with van der Waals surface area (Å²) >= 11 is 0. The summed E-state index contributed by atoms with van der Waals surface area (Å²) in [4.78, 5) is 11.4. The molecule has 132 valence electrons. The van der Waals surface area contributed by atoms with Gasteiger partial charge in [-0.2, -0.15) is 5.26 Å². The van der Waals surface area contributed by atoms with Gasteiger partial charge in [-0.1, -0.05) is 25.5 Å². The lowest BCUT2D eigenvalue weighted by atomic mass is 10.2. The first-order valence-corrected chi connectivity index (χ1v) is 8.19. The third-order valence-corrected chi connectivity index (χ3v) is 3.22. The van der Waals surface area contributed by atoms with E-state index in [1.165, 1.54) is 0 Å². The second kappa shape index (κ2) is 12.2. The number of carbonyl (C=O) groups excluding carboxylic acids is 1. The normalized spacial score (nSPS) is 11.4. The van der Waals surface area contributed by atoms with Crippen LogP contribution >= 0.6 is 0 Å². The molecule has 0 radical (unpaired) electrons. The Hall–Kier alpha value is -2.30. The maximum Gasteiger partial charge on any atom is 0.314 e. The Balaban J connectivity index is 2.09. The van der Waals surface area contributed by atoms with E-state index < -0.39 is 6.10 Å². The van der Waals surface area contributed by atoms with Crippen LogP contribution in [0.4, 0.5) is 4.79 Å². The molecular weight excluding hydrogens is 308 g/mol.